The number of Topliss-reactive ketones (excluding diaryl/α,β-unsaturated/α-hetero) is 1. The van der Waals surface area contributed by atoms with E-state index in [1.54, 1.807) is 0 Å². The van der Waals surface area contributed by atoms with Crippen molar-refractivity contribution in [3.63, 3.8) is 0 Å². The summed E-state index contributed by atoms with van der Waals surface area (Å²) in [6.07, 6.45) is 0.624. The number of carbonyl (C=O) groups excluding carboxylic acids is 2. The highest BCUT2D eigenvalue weighted by atomic mass is 32.2. The lowest BCUT2D eigenvalue weighted by atomic mass is 10.1. The Bertz CT molecular complexity index is 1160. The topological polar surface area (TPSA) is 200 Å². The quantitative estimate of drug-likeness (QED) is 0.321. The molecular weight excluding hydrogens is 446 g/mol. The number of carbonyl (C=O) groups is 4. The number of benzene rings is 1. The van der Waals surface area contributed by atoms with Crippen LogP contribution in [-0.2, 0) is 26.2 Å². The number of rotatable bonds is 10. The molecule has 1 atom stereocenters. The van der Waals surface area contributed by atoms with Gasteiger partial charge in [0, 0.05) is 12.7 Å². The molecule has 0 spiro atoms. The number of hydrogen-bond donors (Lipinski definition) is 5. The van der Waals surface area contributed by atoms with Crippen molar-refractivity contribution in [2.24, 2.45) is 0 Å². The predicted molar refractivity (Wildman–Crippen MR) is 108 cm³/mol. The number of nitrogens with one attached hydrogen (secondary N) is 2. The fourth-order valence-electron chi connectivity index (χ4n) is 2.48. The molecule has 170 valence electrons. The van der Waals surface area contributed by atoms with E-state index in [0.717, 1.165) is 25.1 Å². The van der Waals surface area contributed by atoms with E-state index >= 15 is 0 Å². The van der Waals surface area contributed by atoms with E-state index in [1.165, 1.54) is 18.3 Å². The van der Waals surface area contributed by atoms with Gasteiger partial charge in [0.25, 0.3) is 5.91 Å². The second kappa shape index (κ2) is 9.98. The van der Waals surface area contributed by atoms with Crippen molar-refractivity contribution in [1.29, 1.82) is 0 Å². The first kappa shape index (κ1) is 24.4. The molecule has 0 fully saturated rings. The van der Waals surface area contributed by atoms with E-state index in [0.29, 0.717) is 5.56 Å². The molecule has 0 aliphatic rings. The van der Waals surface area contributed by atoms with Gasteiger partial charge in [-0.05, 0) is 36.8 Å². The van der Waals surface area contributed by atoms with Gasteiger partial charge in [-0.25, -0.2) is 17.9 Å². The Balaban J connectivity index is 2.07. The van der Waals surface area contributed by atoms with Crippen LogP contribution in [0, 0.1) is 0 Å². The number of aromatic nitrogens is 1. The number of ketones is 1. The van der Waals surface area contributed by atoms with Crippen LogP contribution in [0.15, 0.2) is 41.4 Å². The molecule has 1 aromatic carbocycles. The van der Waals surface area contributed by atoms with Crippen molar-refractivity contribution in [3.05, 3.63) is 53.3 Å². The van der Waals surface area contributed by atoms with Gasteiger partial charge in [-0.2, -0.15) is 0 Å². The first-order valence-electron chi connectivity index (χ1n) is 8.94. The molecule has 32 heavy (non-hydrogen) atoms. The van der Waals surface area contributed by atoms with E-state index in [4.69, 9.17) is 10.2 Å². The Labute approximate surface area is 182 Å². The number of aromatic carboxylic acids is 1. The Hall–Kier alpha value is -3.84. The summed E-state index contributed by atoms with van der Waals surface area (Å²) >= 11 is 0. The third-order valence-electron chi connectivity index (χ3n) is 4.21. The van der Waals surface area contributed by atoms with Crippen molar-refractivity contribution in [2.45, 2.75) is 30.8 Å². The number of carboxylic acid groups (broad SMARTS) is 2. The van der Waals surface area contributed by atoms with Gasteiger partial charge in [-0.15, -0.1) is 0 Å². The molecule has 2 aromatic rings. The van der Waals surface area contributed by atoms with Crippen LogP contribution in [0.3, 0.4) is 0 Å². The number of carboxylic acids is 2. The summed E-state index contributed by atoms with van der Waals surface area (Å²) in [7, 11) is -4.12. The van der Waals surface area contributed by atoms with Gasteiger partial charge in [0.15, 0.2) is 5.78 Å². The van der Waals surface area contributed by atoms with E-state index in [1.807, 2.05) is 0 Å². The number of phenols is 1. The zero-order valence-corrected chi connectivity index (χ0v) is 17.4. The van der Waals surface area contributed by atoms with Crippen molar-refractivity contribution in [2.75, 3.05) is 0 Å². The molecule has 0 saturated heterocycles. The molecule has 0 saturated carbocycles. The maximum atomic E-state index is 12.4. The molecule has 0 bridgehead atoms. The van der Waals surface area contributed by atoms with Gasteiger partial charge in [0.05, 0.1) is 17.4 Å². The maximum Gasteiger partial charge on any atom is 0.339 e. The summed E-state index contributed by atoms with van der Waals surface area (Å²) in [4.78, 5) is 49.0. The summed E-state index contributed by atoms with van der Waals surface area (Å²) in [5.74, 6) is -4.64. The number of pyridine rings is 1. The fraction of sp³-hybridized carbons (Fsp3) is 0.211. The molecule has 5 N–H and O–H groups in total. The van der Waals surface area contributed by atoms with Gasteiger partial charge < -0.3 is 20.6 Å². The van der Waals surface area contributed by atoms with Crippen LogP contribution in [0.4, 0.5) is 0 Å². The number of aliphatic carboxylic acids is 1. The second-order valence-corrected chi connectivity index (χ2v) is 8.36. The molecule has 1 unspecified atom stereocenters. The lowest BCUT2D eigenvalue weighted by molar-refractivity contribution is -0.139. The molecule has 1 heterocycles. The zero-order chi connectivity index (χ0) is 24.1. The smallest absolute Gasteiger partial charge is 0.339 e. The molecular formula is C19H19N3O9S. The molecule has 12 nitrogen and oxygen atoms in total. The SMILES string of the molecule is CC(=O)C(CC(=O)O)NC(=O)c1ccc(CNS(=O)(=O)c2ccc(O)c(C(=O)O)c2)cn1. The minimum Gasteiger partial charge on any atom is -0.507 e. The zero-order valence-electron chi connectivity index (χ0n) is 16.6. The molecule has 1 amide bonds. The van der Waals surface area contributed by atoms with Crippen LogP contribution in [0.5, 0.6) is 5.75 Å². The summed E-state index contributed by atoms with van der Waals surface area (Å²) in [5.41, 5.74) is -0.328. The van der Waals surface area contributed by atoms with E-state index < -0.39 is 57.4 Å². The minimum atomic E-state index is -4.12. The van der Waals surface area contributed by atoms with Crippen molar-refractivity contribution in [1.82, 2.24) is 15.0 Å². The molecule has 13 heteroatoms. The Morgan fingerprint density at radius 1 is 1.09 bits per heavy atom. The van der Waals surface area contributed by atoms with Crippen LogP contribution in [0.1, 0.15) is 39.8 Å². The summed E-state index contributed by atoms with van der Waals surface area (Å²) in [6, 6.07) is 4.25. The highest BCUT2D eigenvalue weighted by Gasteiger charge is 2.22. The number of amides is 1. The molecule has 0 aliphatic heterocycles. The molecule has 0 aliphatic carbocycles. The van der Waals surface area contributed by atoms with E-state index in [2.05, 4.69) is 15.0 Å². The van der Waals surface area contributed by atoms with Crippen LogP contribution >= 0.6 is 0 Å². The Morgan fingerprint density at radius 3 is 2.31 bits per heavy atom. The van der Waals surface area contributed by atoms with Crippen molar-refractivity contribution < 1.29 is 42.9 Å². The summed E-state index contributed by atoms with van der Waals surface area (Å²) in [5, 5.41) is 29.6. The number of nitrogens with zero attached hydrogens (tertiary/aromatic N) is 1. The largest absolute Gasteiger partial charge is 0.507 e. The predicted octanol–water partition coefficient (Wildman–Crippen LogP) is 0.126. The van der Waals surface area contributed by atoms with Crippen LogP contribution in [-0.4, -0.2) is 58.4 Å². The third-order valence-corrected chi connectivity index (χ3v) is 5.61. The first-order valence-corrected chi connectivity index (χ1v) is 10.4. The van der Waals surface area contributed by atoms with Crippen molar-refractivity contribution in [3.8, 4) is 5.75 Å². The lowest BCUT2D eigenvalue weighted by Crippen LogP contribution is -2.41. The average Bonchev–Trinajstić information content (AvgIpc) is 2.71. The van der Waals surface area contributed by atoms with Crippen LogP contribution < -0.4 is 10.0 Å². The van der Waals surface area contributed by atoms with Crippen LogP contribution in [0.2, 0.25) is 0 Å². The first-order chi connectivity index (χ1) is 14.9. The average molecular weight is 465 g/mol. The van der Waals surface area contributed by atoms with E-state index in [-0.39, 0.29) is 17.1 Å². The summed E-state index contributed by atoms with van der Waals surface area (Å²) < 4.78 is 27.0. The van der Waals surface area contributed by atoms with Gasteiger partial charge in [-0.3, -0.25) is 19.4 Å². The van der Waals surface area contributed by atoms with Gasteiger partial charge in [0.2, 0.25) is 10.0 Å². The van der Waals surface area contributed by atoms with Crippen LogP contribution in [0.25, 0.3) is 0 Å². The molecule has 0 radical (unpaired) electrons. The van der Waals surface area contributed by atoms with Gasteiger partial charge in [-0.1, -0.05) is 6.07 Å². The Morgan fingerprint density at radius 2 is 1.78 bits per heavy atom. The second-order valence-electron chi connectivity index (χ2n) is 6.59. The number of sulfonamides is 1. The highest BCUT2D eigenvalue weighted by molar-refractivity contribution is 7.89. The Kier molecular flexibility index (Phi) is 7.62. The number of aromatic hydroxyl groups is 1. The third kappa shape index (κ3) is 6.33. The fourth-order valence-corrected chi connectivity index (χ4v) is 3.53. The standard InChI is InChI=1S/C19H19N3O9S/c1-10(23)15(7-17(25)26)22-18(27)14-4-2-11(8-20-14)9-21-32(30,31)12-3-5-16(24)13(6-12)19(28)29/h2-6,8,15,21,24H,7,9H2,1H3,(H,22,27)(H,25,26)(H,28,29). The maximum absolute atomic E-state index is 12.4. The minimum absolute atomic E-state index is 0.113. The lowest BCUT2D eigenvalue weighted by Gasteiger charge is -2.13. The van der Waals surface area contributed by atoms with Gasteiger partial charge in [0.1, 0.15) is 17.0 Å². The molecule has 2 rings (SSSR count). The highest BCUT2D eigenvalue weighted by Crippen LogP contribution is 2.21. The summed E-state index contributed by atoms with van der Waals surface area (Å²) in [6.45, 7) is 0.902. The number of hydrogen-bond acceptors (Lipinski definition) is 8. The van der Waals surface area contributed by atoms with E-state index in [9.17, 15) is 32.7 Å². The van der Waals surface area contributed by atoms with Gasteiger partial charge >= 0.3 is 11.9 Å². The normalized spacial score (nSPS) is 12.0. The molecule has 1 aromatic heterocycles. The monoisotopic (exact) mass is 465 g/mol. The van der Waals surface area contributed by atoms with Crippen molar-refractivity contribution >= 4 is 33.7 Å².